The molecule has 4 heterocycles. The molecule has 11 nitrogen and oxygen atoms in total. The van der Waals surface area contributed by atoms with Gasteiger partial charge in [-0.1, -0.05) is 58.9 Å². The number of rotatable bonds is 5. The van der Waals surface area contributed by atoms with Crippen molar-refractivity contribution in [3.05, 3.63) is 120 Å². The Morgan fingerprint density at radius 3 is 0.992 bits per heavy atom. The highest BCUT2D eigenvalue weighted by molar-refractivity contribution is 5.37. The van der Waals surface area contributed by atoms with Crippen LogP contribution in [0, 0.1) is 198 Å². The number of nitrogens with zero attached hydrogens (tertiary/aromatic N) is 5. The smallest absolute Gasteiger partial charge is 0.115 e. The summed E-state index contributed by atoms with van der Waals surface area (Å²) in [5, 5.41) is 62.1. The summed E-state index contributed by atoms with van der Waals surface area (Å²) in [7, 11) is 0. The standard InChI is InChI=1S/C26H35NO.2C24H35NO.C24H40O2.C23H34N2O/c1-25(28)12-10-20-19(15-25)6-7-22-21(20)11-13-26(2)23(8-9-24(22)26)18-5-3-4-17(14-18)16-27;1-23(26)11-9-18-16(14-23)5-6-20-19(18)10-12-24(2)21(7-8-22(20)24)17-4-3-13-25-15-17;1-23(26)12-10-17-16(15-23)6-7-19-18(17)11-13-24(2)20(19)8-9-21(24)22-5-3-4-14-25-22;1-23(25)11-7-18-17(15-23)3-4-20-19(18)8-12-24(2)21(5-6-22(20)24)16-9-13-26-14-10-16;1-22(26)9-7-17-15(11-22)3-4-19-18(17)8-10-23(2)20(5-6-21(19)23)16-12-24-14-25-13-16/h3-5,14,19-24,28H,6-13,15H2,1-2H3;3-4,13,15-16,18-22,26H,5-12,14H2,1-2H3;3-5,14,16-21,26H,6-13,15H2,1-2H3;16-22,25H,3-15H2,1-2H3;12-15,17-21,26H,3-11H2,1-2H3/t19-,20+,21-,22-,23-,24+,25-,26-;16-,18+,19-,20-,21-,22+,23-,24-;16-,17+,18-,19-,20+,21-,23-,24+;17-,18+,19-,20-,21-,22+,23-,24-;15-,17+,18-,19-,20-,21+,22-,23-/m11111/s1. The Hall–Kier alpha value is -4.15. The Kier molecular flexibility index (Phi) is 26.2. The minimum Gasteiger partial charge on any atom is -0.390 e. The Morgan fingerprint density at radius 1 is 0.280 bits per heavy atom. The molecule has 11 heteroatoms. The van der Waals surface area contributed by atoms with Gasteiger partial charge in [-0.15, -0.1) is 0 Å². The van der Waals surface area contributed by atoms with Crippen molar-refractivity contribution < 1.29 is 30.3 Å². The SMILES string of the molecule is C[C@@]1(O)CC[C@H]2[C@H](CC[C@@H]3[C@@H]2CC[C@]2(C)[C@@H](C4CCOCC4)CC[C@@H]32)C1.C[C@@]1(O)CC[C@H]2[C@H](CC[C@@H]3[C@@H]2CC[C@]2(C)[C@@H](c4cccc(C#N)c4)CC[C@@H]32)C1.C[C@@]1(O)CC[C@H]2[C@H](CC[C@@H]3[C@@H]2CC[C@]2(C)[C@@H](c4ccccn4)CC[C@@H]32)C1.C[C@@]1(O)CC[C@H]2[C@H](CC[C@@H]3[C@@H]2CC[C@]2(C)[C@@H](c4cccnc4)CC[C@@H]32)C1.C[C@@]1(O)CC[C@H]2[C@H](CC[C@@H]3[C@@H]2CC[C@]2(C)[C@@H](c4cncnc4)CC[C@@H]32)C1. The van der Waals surface area contributed by atoms with Crippen LogP contribution in [0.1, 0.15) is 423 Å². The van der Waals surface area contributed by atoms with Crippen molar-refractivity contribution in [1.29, 1.82) is 5.26 Å². The van der Waals surface area contributed by atoms with E-state index in [0.717, 1.165) is 243 Å². The van der Waals surface area contributed by atoms with Crippen LogP contribution in [0.15, 0.2) is 91.9 Å². The van der Waals surface area contributed by atoms with E-state index in [1.165, 1.54) is 260 Å². The number of fused-ring (bicyclic) bond motifs is 25. The molecular formula is C121H179N5O6. The quantitative estimate of drug-likeness (QED) is 0.128. The van der Waals surface area contributed by atoms with Gasteiger partial charge in [0.15, 0.2) is 0 Å². The second-order valence-corrected chi connectivity index (χ2v) is 54.2. The molecule has 3 aromatic heterocycles. The summed E-state index contributed by atoms with van der Waals surface area (Å²) >= 11 is 0. The minimum absolute atomic E-state index is 0.376. The van der Waals surface area contributed by atoms with Crippen LogP contribution in [-0.4, -0.2) is 86.7 Å². The summed E-state index contributed by atoms with van der Waals surface area (Å²) < 4.78 is 5.67. The van der Waals surface area contributed by atoms with Crippen molar-refractivity contribution in [3.63, 3.8) is 0 Å². The van der Waals surface area contributed by atoms with Gasteiger partial charge < -0.3 is 30.3 Å². The number of ether oxygens (including phenoxy) is 1. The summed E-state index contributed by atoms with van der Waals surface area (Å²) in [6.07, 6.45) is 73.1. The lowest BCUT2D eigenvalue weighted by Gasteiger charge is -2.57. The molecule has 25 rings (SSSR count). The predicted molar refractivity (Wildman–Crippen MR) is 528 cm³/mol. The van der Waals surface area contributed by atoms with Gasteiger partial charge in [-0.3, -0.25) is 9.97 Å². The highest BCUT2D eigenvalue weighted by atomic mass is 16.5. The van der Waals surface area contributed by atoms with Crippen LogP contribution in [0.3, 0.4) is 0 Å². The van der Waals surface area contributed by atoms with Gasteiger partial charge in [0, 0.05) is 55.8 Å². The van der Waals surface area contributed by atoms with Gasteiger partial charge in [0.05, 0.1) is 39.6 Å². The number of nitriles is 1. The van der Waals surface area contributed by atoms with E-state index >= 15 is 0 Å². The van der Waals surface area contributed by atoms with Crippen molar-refractivity contribution in [1.82, 2.24) is 19.9 Å². The third-order valence-electron chi connectivity index (χ3n) is 47.6. The third-order valence-corrected chi connectivity index (χ3v) is 47.6. The summed E-state index contributed by atoms with van der Waals surface area (Å²) in [5.74, 6) is 26.9. The van der Waals surface area contributed by atoms with Crippen molar-refractivity contribution in [2.75, 3.05) is 13.2 Å². The van der Waals surface area contributed by atoms with Crippen LogP contribution in [0.4, 0.5) is 0 Å². The Balaban J connectivity index is 0.0000000995. The van der Waals surface area contributed by atoms with Crippen LogP contribution < -0.4 is 0 Å². The third kappa shape index (κ3) is 17.5. The Labute approximate surface area is 799 Å². The number of aromatic nitrogens is 4. The molecule has 0 unspecified atom stereocenters. The highest BCUT2D eigenvalue weighted by Crippen LogP contribution is 2.74. The van der Waals surface area contributed by atoms with Gasteiger partial charge in [-0.2, -0.15) is 5.26 Å². The maximum atomic E-state index is 10.6. The zero-order valence-electron chi connectivity index (χ0n) is 84.1. The van der Waals surface area contributed by atoms with Crippen LogP contribution in [0.25, 0.3) is 0 Å². The molecule has 0 radical (unpaired) electrons. The molecule has 20 saturated carbocycles. The first-order valence-corrected chi connectivity index (χ1v) is 56.6. The Bertz CT molecular complexity index is 4340. The summed E-state index contributed by atoms with van der Waals surface area (Å²) in [4.78, 5) is 17.8. The minimum atomic E-state index is -0.415. The molecule has 0 spiro atoms. The molecule has 5 N–H and O–H groups in total. The number of aliphatic hydroxyl groups is 5. The number of hydrogen-bond acceptors (Lipinski definition) is 11. The first-order valence-electron chi connectivity index (χ1n) is 56.6. The molecule has 21 fully saturated rings. The van der Waals surface area contributed by atoms with Gasteiger partial charge >= 0.3 is 0 Å². The fourth-order valence-electron chi connectivity index (χ4n) is 41.9. The average Bonchev–Trinajstić information content (AvgIpc) is 1.58. The first-order chi connectivity index (χ1) is 63.3. The summed E-state index contributed by atoms with van der Waals surface area (Å²) in [6.45, 7) is 25.4. The first kappa shape index (κ1) is 94.1. The van der Waals surface area contributed by atoms with E-state index in [0.29, 0.717) is 50.7 Å². The number of benzene rings is 1. The van der Waals surface area contributed by atoms with Gasteiger partial charge in [-0.05, 0) is 588 Å². The molecule has 1 aromatic carbocycles. The Morgan fingerprint density at radius 2 is 0.614 bits per heavy atom. The molecular weight excluding hydrogens is 1620 g/mol. The largest absolute Gasteiger partial charge is 0.390 e. The van der Waals surface area contributed by atoms with E-state index in [9.17, 15) is 30.8 Å². The zero-order valence-corrected chi connectivity index (χ0v) is 84.1. The molecule has 1 saturated heterocycles. The lowest BCUT2D eigenvalue weighted by molar-refractivity contribution is -0.106. The molecule has 40 atom stereocenters. The molecule has 132 heavy (non-hydrogen) atoms. The summed E-state index contributed by atoms with van der Waals surface area (Å²) in [5.41, 5.74) is 6.86. The zero-order chi connectivity index (χ0) is 91.3. The van der Waals surface area contributed by atoms with Crippen LogP contribution in [0.2, 0.25) is 0 Å². The van der Waals surface area contributed by atoms with E-state index in [1.807, 2.05) is 18.5 Å². The van der Waals surface area contributed by atoms with E-state index in [4.69, 9.17) is 9.72 Å². The average molecular weight is 1800 g/mol. The van der Waals surface area contributed by atoms with Crippen LogP contribution >= 0.6 is 0 Å². The lowest BCUT2D eigenvalue weighted by atomic mass is 9.48. The molecule has 20 aliphatic carbocycles. The van der Waals surface area contributed by atoms with Crippen molar-refractivity contribution >= 4 is 0 Å². The molecule has 724 valence electrons. The molecule has 21 aliphatic rings. The maximum Gasteiger partial charge on any atom is 0.115 e. The lowest BCUT2D eigenvalue weighted by Crippen LogP contribution is -2.51. The maximum absolute atomic E-state index is 10.6. The predicted octanol–water partition coefficient (Wildman–Crippen LogP) is 27.6. The number of hydrogen-bond donors (Lipinski definition) is 5. The van der Waals surface area contributed by atoms with E-state index in [-0.39, 0.29) is 5.60 Å². The van der Waals surface area contributed by atoms with Crippen molar-refractivity contribution in [2.45, 2.75) is 423 Å². The van der Waals surface area contributed by atoms with Gasteiger partial charge in [0.25, 0.3) is 0 Å². The second-order valence-electron chi connectivity index (χ2n) is 54.2. The molecule has 4 aromatic rings. The monoisotopic (exact) mass is 1800 g/mol. The normalized spacial score (nSPS) is 50.8. The molecule has 0 bridgehead atoms. The van der Waals surface area contributed by atoms with Crippen molar-refractivity contribution in [2.24, 2.45) is 187 Å². The second kappa shape index (κ2) is 36.7. The van der Waals surface area contributed by atoms with Gasteiger partial charge in [0.2, 0.25) is 0 Å². The summed E-state index contributed by atoms with van der Waals surface area (Å²) in [6, 6.07) is 21.7. The van der Waals surface area contributed by atoms with E-state index < -0.39 is 22.4 Å². The fourth-order valence-corrected chi connectivity index (χ4v) is 41.9. The highest BCUT2D eigenvalue weighted by Gasteiger charge is 2.65. The van der Waals surface area contributed by atoms with Crippen LogP contribution in [-0.2, 0) is 4.74 Å². The van der Waals surface area contributed by atoms with E-state index in [2.05, 4.69) is 157 Å². The number of pyridine rings is 2. The fraction of sp³-hybridized carbons (Fsp3) is 0.826. The topological polar surface area (TPSA) is 186 Å². The molecule has 1 aliphatic heterocycles. The van der Waals surface area contributed by atoms with Crippen molar-refractivity contribution in [3.8, 4) is 6.07 Å². The van der Waals surface area contributed by atoms with Crippen LogP contribution in [0.5, 0.6) is 0 Å². The van der Waals surface area contributed by atoms with Gasteiger partial charge in [-0.25, -0.2) is 9.97 Å². The van der Waals surface area contributed by atoms with Gasteiger partial charge in [0.1, 0.15) is 6.33 Å². The molecule has 0 amide bonds. The van der Waals surface area contributed by atoms with E-state index in [1.54, 1.807) is 6.33 Å².